The van der Waals surface area contributed by atoms with Crippen LogP contribution in [0, 0.1) is 0 Å². The summed E-state index contributed by atoms with van der Waals surface area (Å²) in [4.78, 5) is 0. The molecule has 22 heavy (non-hydrogen) atoms. The van der Waals surface area contributed by atoms with Crippen molar-refractivity contribution in [3.8, 4) is 45.3 Å². The zero-order valence-corrected chi connectivity index (χ0v) is 11.6. The first-order valence-electron chi connectivity index (χ1n) is 6.69. The third kappa shape index (κ3) is 2.54. The van der Waals surface area contributed by atoms with Gasteiger partial charge in [-0.1, -0.05) is 18.2 Å². The first kappa shape index (κ1) is 13.8. The third-order valence-electron chi connectivity index (χ3n) is 3.47. The molecule has 0 spiro atoms. The maximum absolute atomic E-state index is 10.1. The van der Waals surface area contributed by atoms with Crippen molar-refractivity contribution in [3.63, 3.8) is 0 Å². The summed E-state index contributed by atoms with van der Waals surface area (Å²) in [6.45, 7) is 0. The van der Waals surface area contributed by atoms with Crippen LogP contribution in [0.4, 0.5) is 0 Å². The Morgan fingerprint density at radius 3 is 1.64 bits per heavy atom. The van der Waals surface area contributed by atoms with Gasteiger partial charge in [0, 0.05) is 11.1 Å². The van der Waals surface area contributed by atoms with Gasteiger partial charge < -0.3 is 20.4 Å². The van der Waals surface area contributed by atoms with Gasteiger partial charge >= 0.3 is 0 Å². The van der Waals surface area contributed by atoms with E-state index in [2.05, 4.69) is 0 Å². The lowest BCUT2D eigenvalue weighted by Gasteiger charge is -2.10. The van der Waals surface area contributed by atoms with Crippen molar-refractivity contribution >= 4 is 0 Å². The summed E-state index contributed by atoms with van der Waals surface area (Å²) in [5.74, 6) is 0.148. The second-order valence-electron chi connectivity index (χ2n) is 4.98. The van der Waals surface area contributed by atoms with E-state index in [1.807, 2.05) is 0 Å². The summed E-state index contributed by atoms with van der Waals surface area (Å²) < 4.78 is 0. The van der Waals surface area contributed by atoms with Crippen molar-refractivity contribution in [1.82, 2.24) is 0 Å². The highest BCUT2D eigenvalue weighted by Crippen LogP contribution is 2.39. The smallest absolute Gasteiger partial charge is 0.123 e. The Morgan fingerprint density at radius 2 is 0.955 bits per heavy atom. The second kappa shape index (κ2) is 5.33. The van der Waals surface area contributed by atoms with Crippen LogP contribution in [0.25, 0.3) is 22.3 Å². The van der Waals surface area contributed by atoms with Gasteiger partial charge in [0.1, 0.15) is 23.0 Å². The van der Waals surface area contributed by atoms with Gasteiger partial charge in [-0.3, -0.25) is 0 Å². The fraction of sp³-hybridized carbons (Fsp3) is 0. The highest BCUT2D eigenvalue weighted by molar-refractivity contribution is 5.81. The Morgan fingerprint density at radius 1 is 0.455 bits per heavy atom. The van der Waals surface area contributed by atoms with E-state index in [0.29, 0.717) is 11.1 Å². The van der Waals surface area contributed by atoms with Crippen LogP contribution < -0.4 is 0 Å². The zero-order valence-electron chi connectivity index (χ0n) is 11.6. The van der Waals surface area contributed by atoms with Gasteiger partial charge in [0.05, 0.1) is 0 Å². The second-order valence-corrected chi connectivity index (χ2v) is 4.98. The number of hydrogen-bond acceptors (Lipinski definition) is 4. The number of aromatic hydroxyl groups is 4. The number of rotatable bonds is 2. The molecule has 4 heteroatoms. The fourth-order valence-corrected chi connectivity index (χ4v) is 2.32. The molecule has 0 saturated heterocycles. The topological polar surface area (TPSA) is 80.9 Å². The summed E-state index contributed by atoms with van der Waals surface area (Å²) in [5, 5.41) is 38.9. The molecule has 3 aromatic carbocycles. The molecular formula is C18H14O4. The Labute approximate surface area is 127 Å². The van der Waals surface area contributed by atoms with E-state index in [9.17, 15) is 20.4 Å². The fourth-order valence-electron chi connectivity index (χ4n) is 2.32. The minimum absolute atomic E-state index is 0.00207. The van der Waals surface area contributed by atoms with E-state index in [1.165, 1.54) is 24.3 Å². The Hall–Kier alpha value is -3.14. The number of phenols is 4. The van der Waals surface area contributed by atoms with Gasteiger partial charge in [-0.2, -0.15) is 0 Å². The SMILES string of the molecule is Oc1ccc(-c2ccc(O)c(-c3cc(O)ccc3O)c2)cc1. The van der Waals surface area contributed by atoms with Crippen LogP contribution in [-0.4, -0.2) is 20.4 Å². The lowest BCUT2D eigenvalue weighted by molar-refractivity contribution is 0.459. The summed E-state index contributed by atoms with van der Waals surface area (Å²) >= 11 is 0. The lowest BCUT2D eigenvalue weighted by Crippen LogP contribution is -1.84. The Balaban J connectivity index is 2.14. The molecule has 110 valence electrons. The summed E-state index contributed by atoms with van der Waals surface area (Å²) in [5.41, 5.74) is 2.44. The largest absolute Gasteiger partial charge is 0.508 e. The van der Waals surface area contributed by atoms with Gasteiger partial charge in [0.2, 0.25) is 0 Å². The average Bonchev–Trinajstić information content (AvgIpc) is 2.51. The van der Waals surface area contributed by atoms with Crippen LogP contribution in [0.15, 0.2) is 60.7 Å². The van der Waals surface area contributed by atoms with Crippen LogP contribution in [0.3, 0.4) is 0 Å². The molecule has 0 aromatic heterocycles. The van der Waals surface area contributed by atoms with Gasteiger partial charge in [0.25, 0.3) is 0 Å². The van der Waals surface area contributed by atoms with Crippen LogP contribution in [0.5, 0.6) is 23.0 Å². The maximum Gasteiger partial charge on any atom is 0.123 e. The van der Waals surface area contributed by atoms with E-state index < -0.39 is 0 Å². The zero-order chi connectivity index (χ0) is 15.7. The quantitative estimate of drug-likeness (QED) is 0.541. The highest BCUT2D eigenvalue weighted by Gasteiger charge is 2.12. The average molecular weight is 294 g/mol. The summed E-state index contributed by atoms with van der Waals surface area (Å²) in [7, 11) is 0. The van der Waals surface area contributed by atoms with Gasteiger partial charge in [-0.25, -0.2) is 0 Å². The van der Waals surface area contributed by atoms with E-state index >= 15 is 0 Å². The predicted molar refractivity (Wildman–Crippen MR) is 84.0 cm³/mol. The molecular weight excluding hydrogens is 280 g/mol. The molecule has 0 aliphatic heterocycles. The van der Waals surface area contributed by atoms with Crippen molar-refractivity contribution in [2.45, 2.75) is 0 Å². The lowest BCUT2D eigenvalue weighted by atomic mass is 9.97. The molecule has 4 N–H and O–H groups in total. The van der Waals surface area contributed by atoms with Crippen molar-refractivity contribution in [2.24, 2.45) is 0 Å². The van der Waals surface area contributed by atoms with Crippen LogP contribution in [0.2, 0.25) is 0 Å². The molecule has 0 aliphatic carbocycles. The molecule has 0 heterocycles. The molecule has 0 unspecified atom stereocenters. The van der Waals surface area contributed by atoms with Crippen LogP contribution >= 0.6 is 0 Å². The van der Waals surface area contributed by atoms with Gasteiger partial charge in [0.15, 0.2) is 0 Å². The Kier molecular flexibility index (Phi) is 3.35. The molecule has 3 rings (SSSR count). The molecule has 0 fully saturated rings. The molecule has 4 nitrogen and oxygen atoms in total. The van der Waals surface area contributed by atoms with E-state index in [4.69, 9.17) is 0 Å². The minimum Gasteiger partial charge on any atom is -0.508 e. The predicted octanol–water partition coefficient (Wildman–Crippen LogP) is 3.84. The standard InChI is InChI=1S/C18H14O4/c19-13-4-1-11(2-5-13)12-3-7-17(21)15(9-12)16-10-14(20)6-8-18(16)22/h1-10,19-22H. The number of phenolic OH excluding ortho intramolecular Hbond substituents is 4. The first-order valence-corrected chi connectivity index (χ1v) is 6.69. The summed E-state index contributed by atoms with van der Waals surface area (Å²) in [6.07, 6.45) is 0. The monoisotopic (exact) mass is 294 g/mol. The molecule has 0 saturated carbocycles. The number of benzene rings is 3. The van der Waals surface area contributed by atoms with E-state index in [1.54, 1.807) is 36.4 Å². The van der Waals surface area contributed by atoms with Gasteiger partial charge in [-0.05, 0) is 53.6 Å². The molecule has 0 bridgehead atoms. The van der Waals surface area contributed by atoms with Crippen molar-refractivity contribution in [2.75, 3.05) is 0 Å². The van der Waals surface area contributed by atoms with Crippen LogP contribution in [0.1, 0.15) is 0 Å². The molecule has 3 aromatic rings. The van der Waals surface area contributed by atoms with Crippen molar-refractivity contribution in [1.29, 1.82) is 0 Å². The molecule has 0 amide bonds. The summed E-state index contributed by atoms with van der Waals surface area (Å²) in [6, 6.07) is 15.8. The minimum atomic E-state index is -0.0315. The highest BCUT2D eigenvalue weighted by atomic mass is 16.3. The van der Waals surface area contributed by atoms with Crippen LogP contribution in [-0.2, 0) is 0 Å². The maximum atomic E-state index is 10.1. The van der Waals surface area contributed by atoms with E-state index in [-0.39, 0.29) is 23.0 Å². The third-order valence-corrected chi connectivity index (χ3v) is 3.47. The first-order chi connectivity index (χ1) is 10.5. The van der Waals surface area contributed by atoms with Crippen molar-refractivity contribution < 1.29 is 20.4 Å². The number of hydrogen-bond donors (Lipinski definition) is 4. The molecule has 0 atom stereocenters. The van der Waals surface area contributed by atoms with E-state index in [0.717, 1.165) is 11.1 Å². The van der Waals surface area contributed by atoms with Gasteiger partial charge in [-0.15, -0.1) is 0 Å². The normalized spacial score (nSPS) is 10.5. The molecule has 0 radical (unpaired) electrons. The van der Waals surface area contributed by atoms with Crippen molar-refractivity contribution in [3.05, 3.63) is 60.7 Å². The molecule has 0 aliphatic rings. The Bertz CT molecular complexity index is 823.